The second-order valence-electron chi connectivity index (χ2n) is 6.70. The van der Waals surface area contributed by atoms with E-state index in [9.17, 15) is 9.59 Å². The lowest BCUT2D eigenvalue weighted by Crippen LogP contribution is -2.19. The number of ether oxygens (including phenoxy) is 2. The number of nitrogens with one attached hydrogen (secondary N) is 2. The maximum atomic E-state index is 12.5. The molecule has 0 saturated heterocycles. The minimum Gasteiger partial charge on any atom is -0.493 e. The van der Waals surface area contributed by atoms with Crippen LogP contribution in [-0.2, 0) is 0 Å². The average molecular weight is 436 g/mol. The summed E-state index contributed by atoms with van der Waals surface area (Å²) in [5, 5.41) is 7.46. The molecule has 0 atom stereocenters. The standard InChI is InChI=1S/C22H20N4O4S/c1-13-9-20(27)26-17(12-31-22(26)23-13)14-5-4-6-15(10-14)24-21(28)25-16-7-8-18(29-2)19(11-16)30-3/h4-12H,1-3H3,(H2,24,25,28). The molecule has 158 valence electrons. The molecule has 0 bridgehead atoms. The Morgan fingerprint density at radius 2 is 1.74 bits per heavy atom. The highest BCUT2D eigenvalue weighted by Crippen LogP contribution is 2.30. The summed E-state index contributed by atoms with van der Waals surface area (Å²) >= 11 is 1.40. The van der Waals surface area contributed by atoms with E-state index >= 15 is 0 Å². The number of fused-ring (bicyclic) bond motifs is 1. The van der Waals surface area contributed by atoms with Gasteiger partial charge in [-0.15, -0.1) is 11.3 Å². The van der Waals surface area contributed by atoms with Gasteiger partial charge in [-0.2, -0.15) is 0 Å². The Bertz CT molecular complexity index is 1330. The molecule has 2 aromatic heterocycles. The van der Waals surface area contributed by atoms with Crippen molar-refractivity contribution < 1.29 is 14.3 Å². The second-order valence-corrected chi connectivity index (χ2v) is 7.54. The molecule has 4 rings (SSSR count). The molecule has 0 unspecified atom stereocenters. The summed E-state index contributed by atoms with van der Waals surface area (Å²) in [5.41, 5.74) is 3.21. The van der Waals surface area contributed by atoms with Gasteiger partial charge in [0.1, 0.15) is 0 Å². The van der Waals surface area contributed by atoms with Gasteiger partial charge in [-0.05, 0) is 31.2 Å². The summed E-state index contributed by atoms with van der Waals surface area (Å²) in [7, 11) is 3.08. The number of methoxy groups -OCH3 is 2. The molecule has 0 spiro atoms. The lowest BCUT2D eigenvalue weighted by Gasteiger charge is -2.12. The van der Waals surface area contributed by atoms with E-state index in [2.05, 4.69) is 15.6 Å². The predicted molar refractivity (Wildman–Crippen MR) is 122 cm³/mol. The van der Waals surface area contributed by atoms with Gasteiger partial charge in [0.15, 0.2) is 16.5 Å². The molecule has 9 heteroatoms. The Labute approximate surface area is 182 Å². The predicted octanol–water partition coefficient (Wildman–Crippen LogP) is 4.39. The smallest absolute Gasteiger partial charge is 0.323 e. The van der Waals surface area contributed by atoms with Gasteiger partial charge in [0, 0.05) is 40.1 Å². The quantitative estimate of drug-likeness (QED) is 0.484. The molecule has 0 radical (unpaired) electrons. The summed E-state index contributed by atoms with van der Waals surface area (Å²) < 4.78 is 12.0. The monoisotopic (exact) mass is 436 g/mol. The van der Waals surface area contributed by atoms with Gasteiger partial charge in [0.25, 0.3) is 5.56 Å². The van der Waals surface area contributed by atoms with Crippen LogP contribution < -0.4 is 25.7 Å². The van der Waals surface area contributed by atoms with Gasteiger partial charge in [-0.1, -0.05) is 12.1 Å². The number of thiazole rings is 1. The molecule has 0 fully saturated rings. The Kier molecular flexibility index (Phi) is 5.59. The van der Waals surface area contributed by atoms with E-state index in [-0.39, 0.29) is 5.56 Å². The minimum atomic E-state index is -0.408. The van der Waals surface area contributed by atoms with Gasteiger partial charge in [-0.3, -0.25) is 9.20 Å². The number of amides is 2. The average Bonchev–Trinajstić information content (AvgIpc) is 3.18. The van der Waals surface area contributed by atoms with Crippen LogP contribution in [0.15, 0.2) is 58.7 Å². The number of nitrogens with zero attached hydrogens (tertiary/aromatic N) is 2. The Balaban J connectivity index is 1.56. The number of urea groups is 1. The van der Waals surface area contributed by atoms with Gasteiger partial charge < -0.3 is 20.1 Å². The van der Waals surface area contributed by atoms with Crippen LogP contribution in [0.3, 0.4) is 0 Å². The topological polar surface area (TPSA) is 94.0 Å². The van der Waals surface area contributed by atoms with Crippen molar-refractivity contribution >= 4 is 33.7 Å². The SMILES string of the molecule is COc1ccc(NC(=O)Nc2cccc(-c3csc4nc(C)cc(=O)n34)c2)cc1OC. The molecular weight excluding hydrogens is 416 g/mol. The van der Waals surface area contributed by atoms with Gasteiger partial charge in [-0.25, -0.2) is 9.78 Å². The van der Waals surface area contributed by atoms with E-state index in [1.54, 1.807) is 42.7 Å². The molecule has 2 heterocycles. The van der Waals surface area contributed by atoms with Crippen molar-refractivity contribution in [2.45, 2.75) is 6.92 Å². The van der Waals surface area contributed by atoms with Crippen LogP contribution in [0, 0.1) is 6.92 Å². The zero-order chi connectivity index (χ0) is 22.0. The first-order valence-electron chi connectivity index (χ1n) is 9.37. The zero-order valence-corrected chi connectivity index (χ0v) is 17.9. The Morgan fingerprint density at radius 1 is 1.00 bits per heavy atom. The normalized spacial score (nSPS) is 10.7. The van der Waals surface area contributed by atoms with E-state index in [0.717, 1.165) is 11.3 Å². The van der Waals surface area contributed by atoms with E-state index < -0.39 is 6.03 Å². The number of hydrogen-bond donors (Lipinski definition) is 2. The molecule has 8 nitrogen and oxygen atoms in total. The summed E-state index contributed by atoms with van der Waals surface area (Å²) in [6, 6.07) is 13.5. The second kappa shape index (κ2) is 8.49. The third kappa shape index (κ3) is 4.22. The van der Waals surface area contributed by atoms with Crippen LogP contribution in [0.25, 0.3) is 16.2 Å². The maximum absolute atomic E-state index is 12.5. The number of anilines is 2. The van der Waals surface area contributed by atoms with Crippen molar-refractivity contribution in [3.8, 4) is 22.8 Å². The maximum Gasteiger partial charge on any atom is 0.323 e. The first kappa shape index (κ1) is 20.4. The van der Waals surface area contributed by atoms with Crippen molar-refractivity contribution in [1.29, 1.82) is 0 Å². The highest BCUT2D eigenvalue weighted by atomic mass is 32.1. The zero-order valence-electron chi connectivity index (χ0n) is 17.1. The minimum absolute atomic E-state index is 0.136. The number of benzene rings is 2. The molecule has 31 heavy (non-hydrogen) atoms. The largest absolute Gasteiger partial charge is 0.493 e. The number of hydrogen-bond acceptors (Lipinski definition) is 6. The van der Waals surface area contributed by atoms with Crippen LogP contribution in [0.2, 0.25) is 0 Å². The number of carbonyl (C=O) groups excluding carboxylic acids is 1. The fourth-order valence-electron chi connectivity index (χ4n) is 3.19. The van der Waals surface area contributed by atoms with E-state index in [1.165, 1.54) is 24.5 Å². The van der Waals surface area contributed by atoms with E-state index in [4.69, 9.17) is 9.47 Å². The Morgan fingerprint density at radius 3 is 2.48 bits per heavy atom. The molecular formula is C22H20N4O4S. The summed E-state index contributed by atoms with van der Waals surface area (Å²) in [6.07, 6.45) is 0. The molecule has 0 aliphatic carbocycles. The summed E-state index contributed by atoms with van der Waals surface area (Å²) in [6.45, 7) is 1.79. The van der Waals surface area contributed by atoms with Crippen molar-refractivity contribution in [3.63, 3.8) is 0 Å². The molecule has 2 aromatic carbocycles. The molecule has 0 saturated carbocycles. The third-order valence-corrected chi connectivity index (χ3v) is 5.42. The van der Waals surface area contributed by atoms with Crippen LogP contribution >= 0.6 is 11.3 Å². The first-order chi connectivity index (χ1) is 15.0. The van der Waals surface area contributed by atoms with Crippen LogP contribution in [0.1, 0.15) is 5.69 Å². The fraction of sp³-hybridized carbons (Fsp3) is 0.136. The molecule has 2 N–H and O–H groups in total. The number of carbonyl (C=O) groups is 1. The third-order valence-electron chi connectivity index (χ3n) is 4.59. The highest BCUT2D eigenvalue weighted by molar-refractivity contribution is 7.15. The van der Waals surface area contributed by atoms with E-state index in [0.29, 0.717) is 33.5 Å². The number of aryl methyl sites for hydroxylation is 1. The molecule has 0 aliphatic rings. The fourth-order valence-corrected chi connectivity index (χ4v) is 4.14. The summed E-state index contributed by atoms with van der Waals surface area (Å²) in [4.78, 5) is 30.0. The van der Waals surface area contributed by atoms with Crippen molar-refractivity contribution in [2.24, 2.45) is 0 Å². The van der Waals surface area contributed by atoms with Crippen LogP contribution in [0.5, 0.6) is 11.5 Å². The number of rotatable bonds is 5. The van der Waals surface area contributed by atoms with Crippen molar-refractivity contribution in [3.05, 3.63) is 70.0 Å². The first-order valence-corrected chi connectivity index (χ1v) is 10.2. The van der Waals surface area contributed by atoms with Gasteiger partial charge >= 0.3 is 6.03 Å². The summed E-state index contributed by atoms with van der Waals surface area (Å²) in [5.74, 6) is 1.09. The van der Waals surface area contributed by atoms with Crippen molar-refractivity contribution in [2.75, 3.05) is 24.9 Å². The van der Waals surface area contributed by atoms with E-state index in [1.807, 2.05) is 23.6 Å². The molecule has 4 aromatic rings. The highest BCUT2D eigenvalue weighted by Gasteiger charge is 2.12. The molecule has 0 aliphatic heterocycles. The van der Waals surface area contributed by atoms with Crippen LogP contribution in [-0.4, -0.2) is 29.6 Å². The van der Waals surface area contributed by atoms with Gasteiger partial charge in [0.2, 0.25) is 0 Å². The lowest BCUT2D eigenvalue weighted by molar-refractivity contribution is 0.262. The van der Waals surface area contributed by atoms with Crippen LogP contribution in [0.4, 0.5) is 16.2 Å². The molecule has 2 amide bonds. The van der Waals surface area contributed by atoms with Crippen molar-refractivity contribution in [1.82, 2.24) is 9.38 Å². The number of aromatic nitrogens is 2. The van der Waals surface area contributed by atoms with Gasteiger partial charge in [0.05, 0.1) is 19.9 Å². The lowest BCUT2D eigenvalue weighted by atomic mass is 10.1. The Hall–Kier alpha value is -3.85.